The lowest BCUT2D eigenvalue weighted by molar-refractivity contribution is -0.142. The summed E-state index contributed by atoms with van der Waals surface area (Å²) in [5.41, 5.74) is 1.28. The summed E-state index contributed by atoms with van der Waals surface area (Å²) in [6, 6.07) is 8.63. The average molecular weight is 284 g/mol. The highest BCUT2D eigenvalue weighted by Crippen LogP contribution is 2.25. The second-order valence-corrected chi connectivity index (χ2v) is 5.06. The summed E-state index contributed by atoms with van der Waals surface area (Å²) in [4.78, 5) is 22.9. The third-order valence-corrected chi connectivity index (χ3v) is 3.60. The number of hydrogen-bond donors (Lipinski definition) is 2. The van der Waals surface area contributed by atoms with Crippen LogP contribution in [0.25, 0.3) is 6.08 Å². The highest BCUT2D eigenvalue weighted by molar-refractivity contribution is 5.92. The number of carboxylic acid groups (broad SMARTS) is 1. The van der Waals surface area contributed by atoms with Gasteiger partial charge >= 0.3 is 5.97 Å². The fourth-order valence-corrected chi connectivity index (χ4v) is 2.54. The van der Waals surface area contributed by atoms with Gasteiger partial charge in [-0.3, -0.25) is 9.59 Å². The second kappa shape index (κ2) is 6.71. The number of carbonyl (C=O) groups is 2. The van der Waals surface area contributed by atoms with Crippen LogP contribution < -0.4 is 5.32 Å². The molecule has 2 unspecified atom stereocenters. The van der Waals surface area contributed by atoms with Crippen molar-refractivity contribution in [1.29, 1.82) is 5.26 Å². The normalized spacial score (nSPS) is 21.1. The van der Waals surface area contributed by atoms with Crippen LogP contribution in [0.2, 0.25) is 0 Å². The number of carbonyl (C=O) groups excluding carboxylic acids is 1. The SMILES string of the molecule is N#Cc1cccc(C=CC(=O)NC2CCCC2C(=O)O)c1. The Morgan fingerprint density at radius 1 is 1.38 bits per heavy atom. The van der Waals surface area contributed by atoms with Gasteiger partial charge in [0.05, 0.1) is 17.6 Å². The van der Waals surface area contributed by atoms with Crippen LogP contribution in [0, 0.1) is 17.2 Å². The summed E-state index contributed by atoms with van der Waals surface area (Å²) >= 11 is 0. The molecule has 1 saturated carbocycles. The van der Waals surface area contributed by atoms with Gasteiger partial charge in [0, 0.05) is 12.1 Å². The Bertz CT molecular complexity index is 616. The molecule has 108 valence electrons. The van der Waals surface area contributed by atoms with Gasteiger partial charge in [-0.25, -0.2) is 0 Å². The molecule has 0 radical (unpaired) electrons. The van der Waals surface area contributed by atoms with E-state index in [1.54, 1.807) is 30.3 Å². The molecular formula is C16H16N2O3. The predicted octanol–water partition coefficient (Wildman–Crippen LogP) is 1.94. The Labute approximate surface area is 122 Å². The Balaban J connectivity index is 1.96. The molecule has 0 aromatic heterocycles. The van der Waals surface area contributed by atoms with Crippen molar-refractivity contribution in [3.63, 3.8) is 0 Å². The quantitative estimate of drug-likeness (QED) is 0.827. The van der Waals surface area contributed by atoms with Crippen LogP contribution in [0.3, 0.4) is 0 Å². The molecule has 0 aliphatic heterocycles. The molecule has 2 N–H and O–H groups in total. The van der Waals surface area contributed by atoms with E-state index >= 15 is 0 Å². The molecule has 2 rings (SSSR count). The summed E-state index contributed by atoms with van der Waals surface area (Å²) < 4.78 is 0. The lowest BCUT2D eigenvalue weighted by atomic mass is 10.0. The zero-order chi connectivity index (χ0) is 15.2. The van der Waals surface area contributed by atoms with Gasteiger partial charge in [-0.15, -0.1) is 0 Å². The zero-order valence-corrected chi connectivity index (χ0v) is 11.5. The number of amides is 1. The summed E-state index contributed by atoms with van der Waals surface area (Å²) in [6.07, 6.45) is 5.10. The first-order valence-corrected chi connectivity index (χ1v) is 6.81. The Kier molecular flexibility index (Phi) is 4.72. The van der Waals surface area contributed by atoms with Crippen molar-refractivity contribution in [1.82, 2.24) is 5.32 Å². The molecule has 0 heterocycles. The van der Waals surface area contributed by atoms with Crippen LogP contribution in [0.4, 0.5) is 0 Å². The van der Waals surface area contributed by atoms with Gasteiger partial charge in [0.15, 0.2) is 0 Å². The molecule has 2 atom stereocenters. The lowest BCUT2D eigenvalue weighted by Gasteiger charge is -2.16. The van der Waals surface area contributed by atoms with Gasteiger partial charge in [-0.05, 0) is 36.6 Å². The summed E-state index contributed by atoms with van der Waals surface area (Å²) in [5, 5.41) is 20.6. The monoisotopic (exact) mass is 284 g/mol. The van der Waals surface area contributed by atoms with Crippen molar-refractivity contribution in [2.24, 2.45) is 5.92 Å². The van der Waals surface area contributed by atoms with Gasteiger partial charge < -0.3 is 10.4 Å². The fraction of sp³-hybridized carbons (Fsp3) is 0.312. The van der Waals surface area contributed by atoms with Crippen molar-refractivity contribution >= 4 is 18.0 Å². The van der Waals surface area contributed by atoms with E-state index < -0.39 is 11.9 Å². The first-order valence-electron chi connectivity index (χ1n) is 6.81. The maximum absolute atomic E-state index is 11.8. The van der Waals surface area contributed by atoms with Gasteiger partial charge in [0.2, 0.25) is 5.91 Å². The molecule has 1 fully saturated rings. The third kappa shape index (κ3) is 3.93. The molecule has 1 aromatic rings. The lowest BCUT2D eigenvalue weighted by Crippen LogP contribution is -2.39. The van der Waals surface area contributed by atoms with Crippen molar-refractivity contribution in [2.45, 2.75) is 25.3 Å². The van der Waals surface area contributed by atoms with E-state index in [4.69, 9.17) is 10.4 Å². The standard InChI is InChI=1S/C16H16N2O3/c17-10-12-4-1-3-11(9-12)7-8-15(19)18-14-6-2-5-13(14)16(20)21/h1,3-4,7-9,13-14H,2,5-6H2,(H,18,19)(H,20,21). The van der Waals surface area contributed by atoms with E-state index in [1.807, 2.05) is 6.07 Å². The Morgan fingerprint density at radius 3 is 2.90 bits per heavy atom. The van der Waals surface area contributed by atoms with Crippen LogP contribution in [0.5, 0.6) is 0 Å². The van der Waals surface area contributed by atoms with Crippen molar-refractivity contribution in [3.8, 4) is 6.07 Å². The minimum Gasteiger partial charge on any atom is -0.481 e. The molecule has 1 amide bonds. The molecule has 0 saturated heterocycles. The first kappa shape index (κ1) is 14.8. The number of nitrogens with zero attached hydrogens (tertiary/aromatic N) is 1. The Morgan fingerprint density at radius 2 is 2.19 bits per heavy atom. The van der Waals surface area contributed by atoms with E-state index in [1.165, 1.54) is 6.08 Å². The maximum Gasteiger partial charge on any atom is 0.308 e. The zero-order valence-electron chi connectivity index (χ0n) is 11.5. The number of nitrogens with one attached hydrogen (secondary N) is 1. The minimum absolute atomic E-state index is 0.301. The average Bonchev–Trinajstić information content (AvgIpc) is 2.93. The van der Waals surface area contributed by atoms with Crippen LogP contribution in [0.15, 0.2) is 30.3 Å². The van der Waals surface area contributed by atoms with E-state index in [0.29, 0.717) is 18.4 Å². The number of rotatable bonds is 4. The van der Waals surface area contributed by atoms with Gasteiger partial charge in [0.1, 0.15) is 0 Å². The highest BCUT2D eigenvalue weighted by Gasteiger charge is 2.33. The molecule has 21 heavy (non-hydrogen) atoms. The molecule has 0 bridgehead atoms. The first-order chi connectivity index (χ1) is 10.1. The summed E-state index contributed by atoms with van der Waals surface area (Å²) in [7, 11) is 0. The number of nitriles is 1. The molecule has 1 aliphatic carbocycles. The molecule has 1 aromatic carbocycles. The molecule has 5 nitrogen and oxygen atoms in total. The molecule has 5 heteroatoms. The van der Waals surface area contributed by atoms with Gasteiger partial charge in [-0.1, -0.05) is 18.6 Å². The fourth-order valence-electron chi connectivity index (χ4n) is 2.54. The number of aliphatic carboxylic acids is 1. The van der Waals surface area contributed by atoms with Crippen LogP contribution in [0.1, 0.15) is 30.4 Å². The summed E-state index contributed by atoms with van der Waals surface area (Å²) in [6.45, 7) is 0. The van der Waals surface area contributed by atoms with Crippen LogP contribution in [-0.2, 0) is 9.59 Å². The smallest absolute Gasteiger partial charge is 0.308 e. The Hall–Kier alpha value is -2.61. The highest BCUT2D eigenvalue weighted by atomic mass is 16.4. The van der Waals surface area contributed by atoms with E-state index in [2.05, 4.69) is 5.32 Å². The maximum atomic E-state index is 11.8. The largest absolute Gasteiger partial charge is 0.481 e. The van der Waals surface area contributed by atoms with E-state index in [-0.39, 0.29) is 11.9 Å². The van der Waals surface area contributed by atoms with Crippen LogP contribution >= 0.6 is 0 Å². The van der Waals surface area contributed by atoms with Gasteiger partial charge in [-0.2, -0.15) is 5.26 Å². The molecular weight excluding hydrogens is 268 g/mol. The van der Waals surface area contributed by atoms with Crippen LogP contribution in [-0.4, -0.2) is 23.0 Å². The van der Waals surface area contributed by atoms with Gasteiger partial charge in [0.25, 0.3) is 0 Å². The van der Waals surface area contributed by atoms with E-state index in [9.17, 15) is 9.59 Å². The minimum atomic E-state index is -0.858. The molecule has 0 spiro atoms. The van der Waals surface area contributed by atoms with Crippen molar-refractivity contribution in [3.05, 3.63) is 41.5 Å². The summed E-state index contributed by atoms with van der Waals surface area (Å²) in [5.74, 6) is -1.66. The topological polar surface area (TPSA) is 90.2 Å². The third-order valence-electron chi connectivity index (χ3n) is 3.60. The van der Waals surface area contributed by atoms with Crippen molar-refractivity contribution < 1.29 is 14.7 Å². The predicted molar refractivity (Wildman–Crippen MR) is 77.1 cm³/mol. The number of carboxylic acids is 1. The second-order valence-electron chi connectivity index (χ2n) is 5.06. The van der Waals surface area contributed by atoms with Crippen molar-refractivity contribution in [2.75, 3.05) is 0 Å². The number of hydrogen-bond acceptors (Lipinski definition) is 3. The molecule has 1 aliphatic rings. The number of benzene rings is 1. The van der Waals surface area contributed by atoms with E-state index in [0.717, 1.165) is 12.0 Å².